The van der Waals surface area contributed by atoms with E-state index in [2.05, 4.69) is 20.5 Å². The zero-order valence-corrected chi connectivity index (χ0v) is 17.8. The fraction of sp³-hybridized carbons (Fsp3) is 0.0909. The number of pyridine rings is 1. The van der Waals surface area contributed by atoms with Gasteiger partial charge in [-0.25, -0.2) is 0 Å². The van der Waals surface area contributed by atoms with Crippen LogP contribution >= 0.6 is 11.8 Å². The molecular weight excluding hydrogens is 428 g/mol. The number of carbonyl (C=O) groups is 1. The predicted octanol–water partition coefficient (Wildman–Crippen LogP) is 4.28. The first-order chi connectivity index (χ1) is 15.5. The molecule has 0 saturated carbocycles. The van der Waals surface area contributed by atoms with Crippen molar-refractivity contribution < 1.29 is 9.72 Å². The first-order valence-corrected chi connectivity index (χ1v) is 10.6. The first kappa shape index (κ1) is 21.2. The van der Waals surface area contributed by atoms with Gasteiger partial charge in [0.1, 0.15) is 0 Å². The van der Waals surface area contributed by atoms with Crippen LogP contribution in [-0.4, -0.2) is 36.3 Å². The van der Waals surface area contributed by atoms with Gasteiger partial charge in [0.15, 0.2) is 11.0 Å². The Morgan fingerprint density at radius 2 is 1.94 bits per heavy atom. The number of nitro benzene ring substituents is 1. The van der Waals surface area contributed by atoms with E-state index in [4.69, 9.17) is 0 Å². The Morgan fingerprint density at radius 3 is 2.62 bits per heavy atom. The molecule has 2 heterocycles. The Kier molecular flexibility index (Phi) is 6.22. The normalized spacial score (nSPS) is 10.7. The molecule has 1 N–H and O–H groups in total. The van der Waals surface area contributed by atoms with E-state index in [0.717, 1.165) is 11.3 Å². The van der Waals surface area contributed by atoms with E-state index in [0.29, 0.717) is 22.2 Å². The number of benzene rings is 2. The molecule has 0 fully saturated rings. The molecule has 0 saturated heterocycles. The number of hydrogen-bond acceptors (Lipinski definition) is 7. The number of para-hydroxylation sites is 1. The molecule has 2 aromatic heterocycles. The lowest BCUT2D eigenvalue weighted by molar-refractivity contribution is -0.384. The maximum Gasteiger partial charge on any atom is 0.269 e. The van der Waals surface area contributed by atoms with Gasteiger partial charge in [0.2, 0.25) is 5.91 Å². The average Bonchev–Trinajstić information content (AvgIpc) is 3.24. The van der Waals surface area contributed by atoms with Crippen LogP contribution in [0, 0.1) is 17.0 Å². The van der Waals surface area contributed by atoms with Gasteiger partial charge in [0.05, 0.1) is 10.7 Å². The minimum Gasteiger partial charge on any atom is -0.325 e. The molecule has 1 amide bonds. The number of anilines is 1. The third kappa shape index (κ3) is 4.65. The molecule has 0 bridgehead atoms. The highest BCUT2D eigenvalue weighted by atomic mass is 32.2. The minimum absolute atomic E-state index is 0.0197. The Morgan fingerprint density at radius 1 is 1.12 bits per heavy atom. The molecule has 0 atom stereocenters. The number of rotatable bonds is 7. The van der Waals surface area contributed by atoms with Crippen molar-refractivity contribution in [1.29, 1.82) is 0 Å². The fourth-order valence-electron chi connectivity index (χ4n) is 3.07. The van der Waals surface area contributed by atoms with Crippen LogP contribution in [0.1, 0.15) is 5.56 Å². The first-order valence-electron chi connectivity index (χ1n) is 9.62. The summed E-state index contributed by atoms with van der Waals surface area (Å²) in [5.41, 5.74) is 2.80. The Hall–Kier alpha value is -4.05. The third-order valence-electron chi connectivity index (χ3n) is 4.59. The lowest BCUT2D eigenvalue weighted by atomic mass is 10.2. The van der Waals surface area contributed by atoms with Crippen molar-refractivity contribution in [1.82, 2.24) is 19.7 Å². The number of nitrogens with one attached hydrogen (secondary N) is 1. The highest BCUT2D eigenvalue weighted by Crippen LogP contribution is 2.28. The second-order valence-electron chi connectivity index (χ2n) is 6.81. The molecule has 32 heavy (non-hydrogen) atoms. The SMILES string of the molecule is Cc1cc([N+](=O)[O-])ccc1NC(=O)CSc1nnc(-c2cccnc2)n1-c1ccccc1. The van der Waals surface area contributed by atoms with E-state index >= 15 is 0 Å². The van der Waals surface area contributed by atoms with Gasteiger partial charge in [-0.3, -0.25) is 24.5 Å². The highest BCUT2D eigenvalue weighted by Gasteiger charge is 2.18. The summed E-state index contributed by atoms with van der Waals surface area (Å²) in [5, 5.41) is 22.9. The summed E-state index contributed by atoms with van der Waals surface area (Å²) < 4.78 is 1.88. The minimum atomic E-state index is -0.468. The Balaban J connectivity index is 1.54. The van der Waals surface area contributed by atoms with E-state index in [1.165, 1.54) is 30.0 Å². The summed E-state index contributed by atoms with van der Waals surface area (Å²) in [6, 6.07) is 17.7. The van der Waals surface area contributed by atoms with Gasteiger partial charge in [-0.05, 0) is 42.8 Å². The standard InChI is InChI=1S/C22H18N6O3S/c1-15-12-18(28(30)31)9-10-19(15)24-20(29)14-32-22-26-25-21(16-6-5-11-23-13-16)27(22)17-7-3-2-4-8-17/h2-13H,14H2,1H3,(H,24,29). The molecule has 0 aliphatic rings. The van der Waals surface area contributed by atoms with Crippen LogP contribution in [-0.2, 0) is 4.79 Å². The van der Waals surface area contributed by atoms with Crippen LogP contribution < -0.4 is 5.32 Å². The zero-order valence-electron chi connectivity index (χ0n) is 17.0. The van der Waals surface area contributed by atoms with Gasteiger partial charge in [-0.2, -0.15) is 0 Å². The van der Waals surface area contributed by atoms with Crippen molar-refractivity contribution in [3.63, 3.8) is 0 Å². The van der Waals surface area contributed by atoms with E-state index in [1.54, 1.807) is 19.3 Å². The van der Waals surface area contributed by atoms with Gasteiger partial charge in [-0.1, -0.05) is 30.0 Å². The quantitative estimate of drug-likeness (QED) is 0.256. The van der Waals surface area contributed by atoms with Crippen LogP contribution in [0.4, 0.5) is 11.4 Å². The van der Waals surface area contributed by atoms with Crippen molar-refractivity contribution in [3.05, 3.63) is 88.7 Å². The van der Waals surface area contributed by atoms with Gasteiger partial charge in [0, 0.05) is 41.5 Å². The van der Waals surface area contributed by atoms with Crippen molar-refractivity contribution in [2.45, 2.75) is 12.1 Å². The largest absolute Gasteiger partial charge is 0.325 e. The molecule has 10 heteroatoms. The monoisotopic (exact) mass is 446 g/mol. The summed E-state index contributed by atoms with van der Waals surface area (Å²) in [6.07, 6.45) is 3.40. The van der Waals surface area contributed by atoms with Gasteiger partial charge < -0.3 is 5.32 Å². The Labute approximate surface area is 187 Å². The second-order valence-corrected chi connectivity index (χ2v) is 7.75. The summed E-state index contributed by atoms with van der Waals surface area (Å²) in [7, 11) is 0. The molecule has 9 nitrogen and oxygen atoms in total. The van der Waals surface area contributed by atoms with Crippen molar-refractivity contribution in [2.24, 2.45) is 0 Å². The zero-order chi connectivity index (χ0) is 22.5. The van der Waals surface area contributed by atoms with Crippen molar-refractivity contribution >= 4 is 29.0 Å². The molecule has 2 aromatic carbocycles. The number of amides is 1. The maximum atomic E-state index is 12.5. The number of aryl methyl sites for hydroxylation is 1. The van der Waals surface area contributed by atoms with Crippen LogP contribution in [0.3, 0.4) is 0 Å². The Bertz CT molecular complexity index is 1260. The van der Waals surface area contributed by atoms with Gasteiger partial charge in [-0.15, -0.1) is 10.2 Å². The smallest absolute Gasteiger partial charge is 0.269 e. The molecule has 4 rings (SSSR count). The molecule has 0 spiro atoms. The molecule has 0 radical (unpaired) electrons. The van der Waals surface area contributed by atoms with Gasteiger partial charge >= 0.3 is 0 Å². The molecule has 0 aliphatic carbocycles. The highest BCUT2D eigenvalue weighted by molar-refractivity contribution is 7.99. The van der Waals surface area contributed by atoms with Crippen molar-refractivity contribution in [2.75, 3.05) is 11.1 Å². The van der Waals surface area contributed by atoms with Crippen LogP contribution in [0.15, 0.2) is 78.2 Å². The summed E-state index contributed by atoms with van der Waals surface area (Å²) >= 11 is 1.25. The van der Waals surface area contributed by atoms with Crippen LogP contribution in [0.5, 0.6) is 0 Å². The summed E-state index contributed by atoms with van der Waals surface area (Å²) in [4.78, 5) is 27.1. The number of aromatic nitrogens is 4. The molecular formula is C22H18N6O3S. The number of nitrogens with zero attached hydrogens (tertiary/aromatic N) is 5. The van der Waals surface area contributed by atoms with E-state index in [1.807, 2.05) is 47.0 Å². The fourth-order valence-corrected chi connectivity index (χ4v) is 3.83. The lowest BCUT2D eigenvalue weighted by Gasteiger charge is -2.11. The predicted molar refractivity (Wildman–Crippen MR) is 122 cm³/mol. The second kappa shape index (κ2) is 9.40. The number of hydrogen-bond donors (Lipinski definition) is 1. The number of carbonyl (C=O) groups excluding carboxylic acids is 1. The molecule has 160 valence electrons. The maximum absolute atomic E-state index is 12.5. The molecule has 0 aliphatic heterocycles. The number of non-ortho nitro benzene ring substituents is 1. The number of nitro groups is 1. The molecule has 0 unspecified atom stereocenters. The topological polar surface area (TPSA) is 116 Å². The van der Waals surface area contributed by atoms with Crippen LogP contribution in [0.25, 0.3) is 17.1 Å². The lowest BCUT2D eigenvalue weighted by Crippen LogP contribution is -2.15. The third-order valence-corrected chi connectivity index (χ3v) is 5.52. The van der Waals surface area contributed by atoms with E-state index in [9.17, 15) is 14.9 Å². The van der Waals surface area contributed by atoms with E-state index in [-0.39, 0.29) is 17.3 Å². The number of thioether (sulfide) groups is 1. The summed E-state index contributed by atoms with van der Waals surface area (Å²) in [6.45, 7) is 1.71. The van der Waals surface area contributed by atoms with Crippen LogP contribution in [0.2, 0.25) is 0 Å². The van der Waals surface area contributed by atoms with Crippen molar-refractivity contribution in [3.8, 4) is 17.1 Å². The molecule has 4 aromatic rings. The van der Waals surface area contributed by atoms with E-state index < -0.39 is 4.92 Å². The summed E-state index contributed by atoms with van der Waals surface area (Å²) in [5.74, 6) is 0.463. The van der Waals surface area contributed by atoms with Gasteiger partial charge in [0.25, 0.3) is 5.69 Å². The average molecular weight is 446 g/mol.